The molecule has 0 bridgehead atoms. The van der Waals surface area contributed by atoms with Crippen molar-refractivity contribution in [3.8, 4) is 0 Å². The van der Waals surface area contributed by atoms with Gasteiger partial charge in [0.2, 0.25) is 0 Å². The molecule has 0 amide bonds. The van der Waals surface area contributed by atoms with E-state index in [0.717, 1.165) is 19.3 Å². The maximum atomic E-state index is 10.5. The van der Waals surface area contributed by atoms with E-state index < -0.39 is 11.7 Å². The Morgan fingerprint density at radius 3 is 2.53 bits per heavy atom. The number of fused-ring (bicyclic) bond motifs is 3. The Bertz CT molecular complexity index is 422. The van der Waals surface area contributed by atoms with Gasteiger partial charge in [0.1, 0.15) is 17.8 Å². The van der Waals surface area contributed by atoms with Gasteiger partial charge in [-0.15, -0.1) is 0 Å². The van der Waals surface area contributed by atoms with Crippen molar-refractivity contribution >= 4 is 0 Å². The molecule has 3 saturated heterocycles. The summed E-state index contributed by atoms with van der Waals surface area (Å²) >= 11 is 0. The molecule has 1 aliphatic carbocycles. The minimum atomic E-state index is -0.495. The van der Waals surface area contributed by atoms with Gasteiger partial charge in [-0.2, -0.15) is 0 Å². The molecule has 0 aromatic rings. The van der Waals surface area contributed by atoms with Gasteiger partial charge in [0.25, 0.3) is 0 Å². The van der Waals surface area contributed by atoms with Crippen LogP contribution in [-0.2, 0) is 14.2 Å². The lowest BCUT2D eigenvalue weighted by molar-refractivity contribution is 0.0593. The first-order valence-electron chi connectivity index (χ1n) is 7.45. The van der Waals surface area contributed by atoms with E-state index in [-0.39, 0.29) is 29.3 Å². The van der Waals surface area contributed by atoms with E-state index in [1.165, 1.54) is 0 Å². The summed E-state index contributed by atoms with van der Waals surface area (Å²) in [4.78, 5) is 0. The smallest absolute Gasteiger partial charge is 0.120 e. The third-order valence-corrected chi connectivity index (χ3v) is 5.82. The summed E-state index contributed by atoms with van der Waals surface area (Å²) in [5.74, 6) is 0. The van der Waals surface area contributed by atoms with Gasteiger partial charge in [-0.05, 0) is 38.5 Å². The zero-order chi connectivity index (χ0) is 13.6. The van der Waals surface area contributed by atoms with E-state index in [2.05, 4.69) is 20.8 Å². The lowest BCUT2D eigenvalue weighted by atomic mass is 9.79. The molecular formula is C15H24O4. The van der Waals surface area contributed by atoms with Crippen LogP contribution in [0.4, 0.5) is 0 Å². The highest BCUT2D eigenvalue weighted by molar-refractivity contribution is 5.16. The fourth-order valence-electron chi connectivity index (χ4n) is 3.98. The first-order chi connectivity index (χ1) is 8.76. The van der Waals surface area contributed by atoms with Gasteiger partial charge in [0, 0.05) is 0 Å². The van der Waals surface area contributed by atoms with Crippen LogP contribution in [0.2, 0.25) is 0 Å². The van der Waals surface area contributed by atoms with Gasteiger partial charge in [0.15, 0.2) is 0 Å². The average Bonchev–Trinajstić information content (AvgIpc) is 3.17. The molecular weight excluding hydrogens is 244 g/mol. The molecule has 19 heavy (non-hydrogen) atoms. The van der Waals surface area contributed by atoms with Crippen molar-refractivity contribution in [1.29, 1.82) is 0 Å². The Hall–Kier alpha value is -0.160. The Morgan fingerprint density at radius 1 is 1.05 bits per heavy atom. The van der Waals surface area contributed by atoms with Crippen LogP contribution in [0.25, 0.3) is 0 Å². The molecule has 4 rings (SSSR count). The van der Waals surface area contributed by atoms with Crippen molar-refractivity contribution in [2.24, 2.45) is 5.41 Å². The molecule has 4 aliphatic rings. The van der Waals surface area contributed by atoms with E-state index in [0.29, 0.717) is 6.10 Å². The third kappa shape index (κ3) is 1.73. The second kappa shape index (κ2) is 3.35. The summed E-state index contributed by atoms with van der Waals surface area (Å²) in [5, 5.41) is 10.5. The summed E-state index contributed by atoms with van der Waals surface area (Å²) in [7, 11) is 0. The van der Waals surface area contributed by atoms with Gasteiger partial charge in [-0.25, -0.2) is 0 Å². The Balaban J connectivity index is 1.59. The number of hydrogen-bond acceptors (Lipinski definition) is 4. The minimum Gasteiger partial charge on any atom is -0.387 e. The molecule has 3 heterocycles. The van der Waals surface area contributed by atoms with Crippen molar-refractivity contribution < 1.29 is 19.3 Å². The molecule has 4 nitrogen and oxygen atoms in total. The Morgan fingerprint density at radius 2 is 1.79 bits per heavy atom. The van der Waals surface area contributed by atoms with Crippen molar-refractivity contribution in [2.75, 3.05) is 0 Å². The van der Waals surface area contributed by atoms with E-state index in [4.69, 9.17) is 14.2 Å². The molecule has 0 radical (unpaired) electrons. The van der Waals surface area contributed by atoms with Crippen LogP contribution in [-0.4, -0.2) is 46.8 Å². The van der Waals surface area contributed by atoms with Crippen molar-refractivity contribution in [1.82, 2.24) is 0 Å². The van der Waals surface area contributed by atoms with Gasteiger partial charge in [-0.1, -0.05) is 13.8 Å². The number of rotatable bonds is 0. The molecule has 0 unspecified atom stereocenters. The maximum Gasteiger partial charge on any atom is 0.120 e. The zero-order valence-corrected chi connectivity index (χ0v) is 12.2. The van der Waals surface area contributed by atoms with Gasteiger partial charge >= 0.3 is 0 Å². The Labute approximate surface area is 114 Å². The van der Waals surface area contributed by atoms with Crippen LogP contribution < -0.4 is 0 Å². The number of aliphatic hydroxyl groups is 1. The summed E-state index contributed by atoms with van der Waals surface area (Å²) in [5.41, 5.74) is -0.330. The molecule has 4 heteroatoms. The molecule has 4 fully saturated rings. The molecule has 0 spiro atoms. The topological polar surface area (TPSA) is 57.8 Å². The van der Waals surface area contributed by atoms with Gasteiger partial charge < -0.3 is 19.3 Å². The van der Waals surface area contributed by atoms with E-state index in [1.54, 1.807) is 0 Å². The van der Waals surface area contributed by atoms with E-state index in [1.807, 2.05) is 6.92 Å². The van der Waals surface area contributed by atoms with Crippen LogP contribution in [0.5, 0.6) is 0 Å². The normalized spacial score (nSPS) is 62.1. The quantitative estimate of drug-likeness (QED) is 0.679. The second-order valence-electron chi connectivity index (χ2n) is 7.91. The van der Waals surface area contributed by atoms with Crippen LogP contribution in [0.15, 0.2) is 0 Å². The summed E-state index contributed by atoms with van der Waals surface area (Å²) in [6, 6.07) is 0. The van der Waals surface area contributed by atoms with Crippen LogP contribution in [0.3, 0.4) is 0 Å². The van der Waals surface area contributed by atoms with E-state index in [9.17, 15) is 5.11 Å². The van der Waals surface area contributed by atoms with Crippen molar-refractivity contribution in [3.05, 3.63) is 0 Å². The first kappa shape index (κ1) is 12.6. The summed E-state index contributed by atoms with van der Waals surface area (Å²) in [6.07, 6.45) is 3.09. The predicted octanol–water partition coefficient (Wildman–Crippen LogP) is 1.64. The van der Waals surface area contributed by atoms with Crippen molar-refractivity contribution in [2.45, 2.75) is 88.7 Å². The molecule has 0 aromatic carbocycles. The molecule has 3 aliphatic heterocycles. The molecule has 7 atom stereocenters. The number of aliphatic hydroxyl groups excluding tert-OH is 1. The molecule has 1 saturated carbocycles. The van der Waals surface area contributed by atoms with E-state index >= 15 is 0 Å². The molecule has 0 aromatic heterocycles. The van der Waals surface area contributed by atoms with Crippen molar-refractivity contribution in [3.63, 3.8) is 0 Å². The first-order valence-corrected chi connectivity index (χ1v) is 7.45. The average molecular weight is 268 g/mol. The lowest BCUT2D eigenvalue weighted by Crippen LogP contribution is -2.37. The Kier molecular flexibility index (Phi) is 2.22. The monoisotopic (exact) mass is 268 g/mol. The van der Waals surface area contributed by atoms with Crippen LogP contribution in [0.1, 0.15) is 47.0 Å². The zero-order valence-electron chi connectivity index (χ0n) is 12.2. The van der Waals surface area contributed by atoms with Crippen LogP contribution in [0, 0.1) is 5.41 Å². The lowest BCUT2D eigenvalue weighted by Gasteiger charge is -2.23. The highest BCUT2D eigenvalue weighted by Gasteiger charge is 2.68. The highest BCUT2D eigenvalue weighted by Crippen LogP contribution is 2.56. The summed E-state index contributed by atoms with van der Waals surface area (Å²) < 4.78 is 17.5. The minimum absolute atomic E-state index is 0.0177. The largest absolute Gasteiger partial charge is 0.387 e. The molecule has 108 valence electrons. The fraction of sp³-hybridized carbons (Fsp3) is 1.00. The maximum absolute atomic E-state index is 10.5. The highest BCUT2D eigenvalue weighted by atomic mass is 16.6. The number of ether oxygens (including phenoxy) is 3. The van der Waals surface area contributed by atoms with Gasteiger partial charge in [0.05, 0.1) is 23.9 Å². The number of epoxide rings is 3. The predicted molar refractivity (Wildman–Crippen MR) is 68.9 cm³/mol. The number of hydrogen-bond donors (Lipinski definition) is 1. The van der Waals surface area contributed by atoms with Crippen LogP contribution >= 0.6 is 0 Å². The standard InChI is InChI=1S/C15H24O4/c1-13(2)7-9-14(3,18-9)6-5-8-15(4,19-8)11(16)10-12(13)17-10/h8-12,16H,5-7H2,1-4H3/t8-,9+,10+,11-,12-,14+,15+/m1/s1. The molecule has 1 N–H and O–H groups in total. The third-order valence-electron chi connectivity index (χ3n) is 5.82. The fourth-order valence-corrected chi connectivity index (χ4v) is 3.98. The second-order valence-corrected chi connectivity index (χ2v) is 7.91. The SMILES string of the molecule is CC1(C)C[C@@H]2O[C@@]2(C)CC[C@H]2O[C@]2(C)[C@H](O)[C@@H]2O[C@H]21. The summed E-state index contributed by atoms with van der Waals surface area (Å²) in [6.45, 7) is 8.66. The van der Waals surface area contributed by atoms with Gasteiger partial charge in [-0.3, -0.25) is 0 Å².